The number of unbranched alkanes of at least 4 members (excludes halogenated alkanes) is 1. The van der Waals surface area contributed by atoms with E-state index in [1.807, 2.05) is 48.5 Å². The van der Waals surface area contributed by atoms with Crippen molar-refractivity contribution in [1.29, 1.82) is 0 Å². The fraction of sp³-hybridized carbons (Fsp3) is 0.217. The highest BCUT2D eigenvalue weighted by Crippen LogP contribution is 2.40. The number of benzene rings is 3. The predicted molar refractivity (Wildman–Crippen MR) is 109 cm³/mol. The van der Waals surface area contributed by atoms with E-state index in [1.54, 1.807) is 7.11 Å². The van der Waals surface area contributed by atoms with Crippen molar-refractivity contribution in [3.8, 4) is 33.8 Å². The maximum atomic E-state index is 6.55. The van der Waals surface area contributed by atoms with Gasteiger partial charge in [-0.05, 0) is 24.1 Å². The van der Waals surface area contributed by atoms with Crippen molar-refractivity contribution in [3.63, 3.8) is 0 Å². The highest BCUT2D eigenvalue weighted by atomic mass is 16.5. The third-order valence-electron chi connectivity index (χ3n) is 4.43. The third kappa shape index (κ3) is 3.83. The van der Waals surface area contributed by atoms with Gasteiger partial charge in [-0.25, -0.2) is 0 Å². The number of rotatable bonds is 7. The summed E-state index contributed by atoms with van der Waals surface area (Å²) >= 11 is 0. The van der Waals surface area contributed by atoms with Crippen LogP contribution in [-0.2, 0) is 0 Å². The Labute approximate surface area is 155 Å². The Kier molecular flexibility index (Phi) is 5.80. The lowest BCUT2D eigenvalue weighted by Crippen LogP contribution is -2.00. The van der Waals surface area contributed by atoms with Crippen LogP contribution in [-0.4, -0.2) is 13.7 Å². The highest BCUT2D eigenvalue weighted by molar-refractivity contribution is 5.90. The summed E-state index contributed by atoms with van der Waals surface area (Å²) in [5.41, 5.74) is 11.4. The van der Waals surface area contributed by atoms with Gasteiger partial charge in [0.2, 0.25) is 0 Å². The first kappa shape index (κ1) is 17.9. The SMILES string of the molecule is CCCCOc1cc(OC)ccc1-c1cccc(-c2ccccc2)c1N. The molecule has 3 aromatic carbocycles. The van der Waals surface area contributed by atoms with Gasteiger partial charge in [0, 0.05) is 28.4 Å². The molecule has 0 saturated carbocycles. The van der Waals surface area contributed by atoms with Crippen LogP contribution in [0.4, 0.5) is 5.69 Å². The average molecular weight is 347 g/mol. The van der Waals surface area contributed by atoms with Crippen molar-refractivity contribution in [2.24, 2.45) is 0 Å². The fourth-order valence-electron chi connectivity index (χ4n) is 2.97. The number of hydrogen-bond acceptors (Lipinski definition) is 3. The molecule has 0 unspecified atom stereocenters. The van der Waals surface area contributed by atoms with E-state index >= 15 is 0 Å². The van der Waals surface area contributed by atoms with Gasteiger partial charge in [0.05, 0.1) is 13.7 Å². The number of nitrogens with two attached hydrogens (primary N) is 1. The largest absolute Gasteiger partial charge is 0.497 e. The van der Waals surface area contributed by atoms with Gasteiger partial charge in [-0.1, -0.05) is 61.9 Å². The average Bonchev–Trinajstić information content (AvgIpc) is 2.69. The van der Waals surface area contributed by atoms with Gasteiger partial charge in [0.25, 0.3) is 0 Å². The Balaban J connectivity index is 2.06. The minimum absolute atomic E-state index is 0.676. The summed E-state index contributed by atoms with van der Waals surface area (Å²) in [5.74, 6) is 1.58. The van der Waals surface area contributed by atoms with E-state index in [0.29, 0.717) is 6.61 Å². The summed E-state index contributed by atoms with van der Waals surface area (Å²) in [7, 11) is 1.66. The third-order valence-corrected chi connectivity index (χ3v) is 4.43. The van der Waals surface area contributed by atoms with Gasteiger partial charge >= 0.3 is 0 Å². The molecule has 134 valence electrons. The van der Waals surface area contributed by atoms with Crippen LogP contribution in [0.15, 0.2) is 66.7 Å². The van der Waals surface area contributed by atoms with Crippen LogP contribution in [0.5, 0.6) is 11.5 Å². The number of para-hydroxylation sites is 1. The van der Waals surface area contributed by atoms with Crippen LogP contribution in [0.25, 0.3) is 22.3 Å². The lowest BCUT2D eigenvalue weighted by Gasteiger charge is -2.16. The van der Waals surface area contributed by atoms with Crippen molar-refractivity contribution in [2.75, 3.05) is 19.5 Å². The van der Waals surface area contributed by atoms with Gasteiger partial charge in [0.15, 0.2) is 0 Å². The number of nitrogen functional groups attached to an aromatic ring is 1. The molecular formula is C23H25NO2. The van der Waals surface area contributed by atoms with Crippen LogP contribution in [0.2, 0.25) is 0 Å². The Hall–Kier alpha value is -2.94. The molecule has 2 N–H and O–H groups in total. The molecule has 0 bridgehead atoms. The maximum Gasteiger partial charge on any atom is 0.130 e. The molecule has 0 aliphatic heterocycles. The monoisotopic (exact) mass is 347 g/mol. The standard InChI is InChI=1S/C23H25NO2/c1-3-4-15-26-22-16-18(25-2)13-14-20(22)21-12-8-11-19(23(21)24)17-9-6-5-7-10-17/h5-14,16H,3-4,15,24H2,1-2H3. The van der Waals surface area contributed by atoms with Crippen LogP contribution < -0.4 is 15.2 Å². The molecule has 3 aromatic rings. The van der Waals surface area contributed by atoms with Crippen molar-refractivity contribution in [2.45, 2.75) is 19.8 Å². The Morgan fingerprint density at radius 2 is 1.62 bits per heavy atom. The molecule has 26 heavy (non-hydrogen) atoms. The Bertz CT molecular complexity index is 859. The molecule has 3 nitrogen and oxygen atoms in total. The van der Waals surface area contributed by atoms with Gasteiger partial charge in [0.1, 0.15) is 11.5 Å². The maximum absolute atomic E-state index is 6.55. The molecule has 0 saturated heterocycles. The first-order chi connectivity index (χ1) is 12.7. The summed E-state index contributed by atoms with van der Waals surface area (Å²) in [5, 5.41) is 0. The number of ether oxygens (including phenoxy) is 2. The summed E-state index contributed by atoms with van der Waals surface area (Å²) in [6.07, 6.45) is 2.10. The molecule has 0 aliphatic carbocycles. The van der Waals surface area contributed by atoms with Gasteiger partial charge in [-0.15, -0.1) is 0 Å². The quantitative estimate of drug-likeness (QED) is 0.434. The Morgan fingerprint density at radius 1 is 0.846 bits per heavy atom. The number of hydrogen-bond donors (Lipinski definition) is 1. The first-order valence-corrected chi connectivity index (χ1v) is 8.99. The smallest absolute Gasteiger partial charge is 0.130 e. The van der Waals surface area contributed by atoms with E-state index in [1.165, 1.54) is 0 Å². The lowest BCUT2D eigenvalue weighted by molar-refractivity contribution is 0.308. The van der Waals surface area contributed by atoms with E-state index < -0.39 is 0 Å². The second-order valence-corrected chi connectivity index (χ2v) is 6.20. The number of methoxy groups -OCH3 is 1. The van der Waals surface area contributed by atoms with Crippen molar-refractivity contribution in [1.82, 2.24) is 0 Å². The molecular weight excluding hydrogens is 322 g/mol. The summed E-state index contributed by atoms with van der Waals surface area (Å²) in [6.45, 7) is 2.83. The highest BCUT2D eigenvalue weighted by Gasteiger charge is 2.14. The minimum Gasteiger partial charge on any atom is -0.497 e. The zero-order valence-electron chi connectivity index (χ0n) is 15.4. The summed E-state index contributed by atoms with van der Waals surface area (Å²) in [6, 6.07) is 22.2. The molecule has 0 heterocycles. The lowest BCUT2D eigenvalue weighted by atomic mass is 9.95. The second-order valence-electron chi connectivity index (χ2n) is 6.20. The predicted octanol–water partition coefficient (Wildman–Crippen LogP) is 5.79. The van der Waals surface area contributed by atoms with Crippen molar-refractivity contribution < 1.29 is 9.47 Å². The summed E-state index contributed by atoms with van der Waals surface area (Å²) in [4.78, 5) is 0. The van der Waals surface area contributed by atoms with Gasteiger partial charge in [-0.3, -0.25) is 0 Å². The van der Waals surface area contributed by atoms with Crippen molar-refractivity contribution >= 4 is 5.69 Å². The van der Waals surface area contributed by atoms with Crippen LogP contribution >= 0.6 is 0 Å². The summed E-state index contributed by atoms with van der Waals surface area (Å²) < 4.78 is 11.4. The molecule has 3 heteroatoms. The first-order valence-electron chi connectivity index (χ1n) is 8.99. The molecule has 0 aliphatic rings. The van der Waals surface area contributed by atoms with Crippen LogP contribution in [0.1, 0.15) is 19.8 Å². The zero-order chi connectivity index (χ0) is 18.4. The van der Waals surface area contributed by atoms with Crippen molar-refractivity contribution in [3.05, 3.63) is 66.7 Å². The van der Waals surface area contributed by atoms with Gasteiger partial charge in [-0.2, -0.15) is 0 Å². The van der Waals surface area contributed by atoms with E-state index in [9.17, 15) is 0 Å². The topological polar surface area (TPSA) is 44.5 Å². The minimum atomic E-state index is 0.676. The molecule has 0 atom stereocenters. The molecule has 0 amide bonds. The van der Waals surface area contributed by atoms with Crippen LogP contribution in [0, 0.1) is 0 Å². The zero-order valence-corrected chi connectivity index (χ0v) is 15.4. The molecule has 3 rings (SSSR count). The van der Waals surface area contributed by atoms with E-state index in [-0.39, 0.29) is 0 Å². The molecule has 0 radical (unpaired) electrons. The second kappa shape index (κ2) is 8.43. The number of anilines is 1. The Morgan fingerprint density at radius 3 is 2.35 bits per heavy atom. The fourth-order valence-corrected chi connectivity index (χ4v) is 2.97. The van der Waals surface area contributed by atoms with Gasteiger partial charge < -0.3 is 15.2 Å². The molecule has 0 fully saturated rings. The van der Waals surface area contributed by atoms with E-state index in [0.717, 1.165) is 52.3 Å². The van der Waals surface area contributed by atoms with Crippen LogP contribution in [0.3, 0.4) is 0 Å². The molecule has 0 spiro atoms. The van der Waals surface area contributed by atoms with E-state index in [2.05, 4.69) is 25.1 Å². The normalized spacial score (nSPS) is 10.5. The van der Waals surface area contributed by atoms with E-state index in [4.69, 9.17) is 15.2 Å². The molecule has 0 aromatic heterocycles.